The molecule has 0 aliphatic carbocycles. The maximum atomic E-state index is 10.7. The van der Waals surface area contributed by atoms with Crippen molar-refractivity contribution in [1.29, 1.82) is 0 Å². The van der Waals surface area contributed by atoms with Crippen molar-refractivity contribution in [3.8, 4) is 0 Å². The molecule has 0 amide bonds. The number of hydrogen-bond donors (Lipinski definition) is 0. The largest absolute Gasteiger partial charge is 0.465 e. The highest BCUT2D eigenvalue weighted by Gasteiger charge is 2.06. The third-order valence-corrected chi connectivity index (χ3v) is 1.52. The summed E-state index contributed by atoms with van der Waals surface area (Å²) in [5.41, 5.74) is 0. The second-order valence-electron chi connectivity index (χ2n) is 3.94. The van der Waals surface area contributed by atoms with Crippen molar-refractivity contribution in [2.75, 3.05) is 34.3 Å². The van der Waals surface area contributed by atoms with E-state index >= 15 is 0 Å². The Kier molecular flexibility index (Phi) is 4.90. The standard InChI is InChI=1S/C9H20NO2/c1-5-9(11)12-8-6-7-10(2,3)4/h5-8H2,1-4H3/q+1. The van der Waals surface area contributed by atoms with E-state index in [9.17, 15) is 4.79 Å². The van der Waals surface area contributed by atoms with E-state index in [-0.39, 0.29) is 5.97 Å². The van der Waals surface area contributed by atoms with Crippen LogP contribution in [0.3, 0.4) is 0 Å². The summed E-state index contributed by atoms with van der Waals surface area (Å²) in [4.78, 5) is 10.7. The Hall–Kier alpha value is -0.570. The molecule has 0 aromatic rings. The molecule has 0 rings (SSSR count). The topological polar surface area (TPSA) is 26.3 Å². The van der Waals surface area contributed by atoms with E-state index < -0.39 is 0 Å². The van der Waals surface area contributed by atoms with Gasteiger partial charge in [-0.3, -0.25) is 4.79 Å². The van der Waals surface area contributed by atoms with Gasteiger partial charge in [-0.2, -0.15) is 0 Å². The monoisotopic (exact) mass is 174 g/mol. The molecule has 0 bridgehead atoms. The van der Waals surface area contributed by atoms with Gasteiger partial charge in [0.1, 0.15) is 0 Å². The fourth-order valence-corrected chi connectivity index (χ4v) is 0.827. The van der Waals surface area contributed by atoms with Gasteiger partial charge in [-0.25, -0.2) is 0 Å². The van der Waals surface area contributed by atoms with Crippen molar-refractivity contribution < 1.29 is 14.0 Å². The quantitative estimate of drug-likeness (QED) is 0.353. The Morgan fingerprint density at radius 2 is 1.92 bits per heavy atom. The van der Waals surface area contributed by atoms with Crippen molar-refractivity contribution >= 4 is 5.97 Å². The van der Waals surface area contributed by atoms with Gasteiger partial charge in [-0.15, -0.1) is 0 Å². The Balaban J connectivity index is 3.28. The first-order valence-electron chi connectivity index (χ1n) is 4.42. The van der Waals surface area contributed by atoms with Crippen LogP contribution in [-0.2, 0) is 9.53 Å². The van der Waals surface area contributed by atoms with Crippen molar-refractivity contribution in [2.24, 2.45) is 0 Å². The summed E-state index contributed by atoms with van der Waals surface area (Å²) in [6.45, 7) is 3.40. The Morgan fingerprint density at radius 1 is 1.33 bits per heavy atom. The van der Waals surface area contributed by atoms with E-state index in [0.29, 0.717) is 13.0 Å². The number of ether oxygens (including phenoxy) is 1. The van der Waals surface area contributed by atoms with Crippen LogP contribution in [0.15, 0.2) is 0 Å². The Bertz CT molecular complexity index is 138. The molecule has 3 nitrogen and oxygen atoms in total. The predicted molar refractivity (Wildman–Crippen MR) is 48.8 cm³/mol. The summed E-state index contributed by atoms with van der Waals surface area (Å²) in [7, 11) is 6.38. The van der Waals surface area contributed by atoms with Crippen LogP contribution in [0.2, 0.25) is 0 Å². The number of hydrogen-bond acceptors (Lipinski definition) is 2. The lowest BCUT2D eigenvalue weighted by molar-refractivity contribution is -0.870. The maximum Gasteiger partial charge on any atom is 0.305 e. The molecule has 0 saturated heterocycles. The summed E-state index contributed by atoms with van der Waals surface area (Å²) >= 11 is 0. The highest BCUT2D eigenvalue weighted by atomic mass is 16.5. The molecule has 0 unspecified atom stereocenters. The second kappa shape index (κ2) is 5.14. The minimum absolute atomic E-state index is 0.101. The van der Waals surface area contributed by atoms with E-state index in [2.05, 4.69) is 21.1 Å². The van der Waals surface area contributed by atoms with Crippen LogP contribution in [0, 0.1) is 0 Å². The third kappa shape index (κ3) is 7.54. The van der Waals surface area contributed by atoms with Gasteiger partial charge in [0.25, 0.3) is 0 Å². The van der Waals surface area contributed by atoms with Gasteiger partial charge in [0.15, 0.2) is 0 Å². The van der Waals surface area contributed by atoms with Gasteiger partial charge in [0.2, 0.25) is 0 Å². The van der Waals surface area contributed by atoms with Crippen molar-refractivity contribution in [3.05, 3.63) is 0 Å². The number of quaternary nitrogens is 1. The molecule has 0 N–H and O–H groups in total. The molecule has 0 radical (unpaired) electrons. The average molecular weight is 174 g/mol. The summed E-state index contributed by atoms with van der Waals surface area (Å²) in [6, 6.07) is 0. The first-order valence-corrected chi connectivity index (χ1v) is 4.42. The van der Waals surface area contributed by atoms with E-state index in [1.807, 2.05) is 6.92 Å². The van der Waals surface area contributed by atoms with Crippen LogP contribution in [0.4, 0.5) is 0 Å². The average Bonchev–Trinajstić information content (AvgIpc) is 1.96. The molecule has 72 valence electrons. The Morgan fingerprint density at radius 3 is 2.33 bits per heavy atom. The van der Waals surface area contributed by atoms with E-state index in [1.54, 1.807) is 0 Å². The molecule has 0 aliphatic rings. The zero-order chi connectivity index (χ0) is 9.61. The van der Waals surface area contributed by atoms with Crippen LogP contribution in [-0.4, -0.2) is 44.7 Å². The van der Waals surface area contributed by atoms with Crippen LogP contribution in [0.5, 0.6) is 0 Å². The first-order chi connectivity index (χ1) is 5.45. The summed E-state index contributed by atoms with van der Waals surface area (Å²) in [6.07, 6.45) is 1.42. The summed E-state index contributed by atoms with van der Waals surface area (Å²) < 4.78 is 5.86. The van der Waals surface area contributed by atoms with E-state index in [1.165, 1.54) is 0 Å². The van der Waals surface area contributed by atoms with Crippen LogP contribution < -0.4 is 0 Å². The molecule has 0 atom stereocenters. The highest BCUT2D eigenvalue weighted by molar-refractivity contribution is 5.68. The van der Waals surface area contributed by atoms with Crippen molar-refractivity contribution in [2.45, 2.75) is 19.8 Å². The fraction of sp³-hybridized carbons (Fsp3) is 0.889. The van der Waals surface area contributed by atoms with Gasteiger partial charge in [0.05, 0.1) is 34.3 Å². The van der Waals surface area contributed by atoms with Crippen molar-refractivity contribution in [3.63, 3.8) is 0 Å². The number of carbonyl (C=O) groups is 1. The number of nitrogens with zero attached hydrogens (tertiary/aromatic N) is 1. The molecular formula is C9H20NO2+. The first kappa shape index (κ1) is 11.4. The van der Waals surface area contributed by atoms with Gasteiger partial charge in [-0.05, 0) is 0 Å². The summed E-state index contributed by atoms with van der Waals surface area (Å²) in [5.74, 6) is -0.101. The lowest BCUT2D eigenvalue weighted by Gasteiger charge is -2.23. The number of carbonyl (C=O) groups excluding carboxylic acids is 1. The van der Waals surface area contributed by atoms with Gasteiger partial charge >= 0.3 is 5.97 Å². The van der Waals surface area contributed by atoms with Crippen molar-refractivity contribution in [1.82, 2.24) is 0 Å². The molecule has 0 spiro atoms. The second-order valence-corrected chi connectivity index (χ2v) is 3.94. The molecule has 0 saturated carbocycles. The molecule has 0 fully saturated rings. The predicted octanol–water partition coefficient (Wildman–Crippen LogP) is 1.04. The highest BCUT2D eigenvalue weighted by Crippen LogP contribution is 1.94. The zero-order valence-electron chi connectivity index (χ0n) is 8.59. The van der Waals surface area contributed by atoms with E-state index in [0.717, 1.165) is 17.4 Å². The molecule has 12 heavy (non-hydrogen) atoms. The normalized spacial score (nSPS) is 11.3. The minimum atomic E-state index is -0.101. The van der Waals surface area contributed by atoms with E-state index in [4.69, 9.17) is 4.74 Å². The van der Waals surface area contributed by atoms with Crippen LogP contribution in [0.1, 0.15) is 19.8 Å². The number of esters is 1. The van der Waals surface area contributed by atoms with Gasteiger partial charge in [-0.1, -0.05) is 6.92 Å². The molecule has 0 aromatic heterocycles. The lowest BCUT2D eigenvalue weighted by Crippen LogP contribution is -2.35. The third-order valence-electron chi connectivity index (χ3n) is 1.52. The molecular weight excluding hydrogens is 154 g/mol. The van der Waals surface area contributed by atoms with Gasteiger partial charge in [0, 0.05) is 12.8 Å². The van der Waals surface area contributed by atoms with Gasteiger partial charge < -0.3 is 9.22 Å². The molecule has 0 aromatic carbocycles. The SMILES string of the molecule is CCC(=O)OCCC[N+](C)(C)C. The smallest absolute Gasteiger partial charge is 0.305 e. The zero-order valence-corrected chi connectivity index (χ0v) is 8.59. The molecule has 3 heteroatoms. The molecule has 0 heterocycles. The molecule has 0 aliphatic heterocycles. The fourth-order valence-electron chi connectivity index (χ4n) is 0.827. The summed E-state index contributed by atoms with van der Waals surface area (Å²) in [5, 5.41) is 0. The number of rotatable bonds is 5. The van der Waals surface area contributed by atoms with Crippen LogP contribution >= 0.6 is 0 Å². The maximum absolute atomic E-state index is 10.7. The lowest BCUT2D eigenvalue weighted by atomic mass is 10.4. The Labute approximate surface area is 74.9 Å². The minimum Gasteiger partial charge on any atom is -0.465 e. The van der Waals surface area contributed by atoms with Crippen LogP contribution in [0.25, 0.3) is 0 Å².